The van der Waals surface area contributed by atoms with Crippen molar-refractivity contribution in [2.24, 2.45) is 0 Å². The minimum Gasteiger partial charge on any atom is -0.457 e. The highest BCUT2D eigenvalue weighted by Gasteiger charge is 2.13. The zero-order chi connectivity index (χ0) is 45.5. The fourth-order valence-corrected chi connectivity index (χ4v) is 7.23. The third kappa shape index (κ3) is 53.3. The normalized spacial score (nSPS) is 13.3. The molecule has 0 aliphatic heterocycles. The maximum atomic E-state index is 12.3. The van der Waals surface area contributed by atoms with Crippen LogP contribution in [0.5, 0.6) is 0 Å². The van der Waals surface area contributed by atoms with Crippen LogP contribution in [-0.2, 0) is 14.3 Å². The summed E-state index contributed by atoms with van der Waals surface area (Å²) in [7, 11) is 0. The van der Waals surface area contributed by atoms with Crippen LogP contribution in [0.2, 0.25) is 0 Å². The summed E-state index contributed by atoms with van der Waals surface area (Å²) < 4.78 is 11.2. The summed E-state index contributed by atoms with van der Waals surface area (Å²) in [6.45, 7) is 5.11. The number of carbonyl (C=O) groups excluding carboxylic acids is 1. The lowest BCUT2D eigenvalue weighted by molar-refractivity contribution is -0.154. The van der Waals surface area contributed by atoms with Crippen molar-refractivity contribution < 1.29 is 19.4 Å². The molecule has 0 aliphatic rings. The molecule has 1 atom stereocenters. The molecule has 0 heterocycles. The van der Waals surface area contributed by atoms with Gasteiger partial charge in [-0.25, -0.2) is 0 Å². The van der Waals surface area contributed by atoms with E-state index >= 15 is 0 Å². The Bertz CT molecular complexity index is 1200. The summed E-state index contributed by atoms with van der Waals surface area (Å²) in [5, 5.41) is 9.67. The van der Waals surface area contributed by atoms with Gasteiger partial charge in [-0.3, -0.25) is 4.79 Å². The first kappa shape index (κ1) is 60.1. The number of aliphatic hydroxyl groups is 1. The van der Waals surface area contributed by atoms with Crippen LogP contribution in [0.15, 0.2) is 109 Å². The van der Waals surface area contributed by atoms with Crippen molar-refractivity contribution in [3.63, 3.8) is 0 Å². The van der Waals surface area contributed by atoms with E-state index in [2.05, 4.69) is 123 Å². The molecule has 360 valence electrons. The average molecular weight is 873 g/mol. The van der Waals surface area contributed by atoms with Gasteiger partial charge in [-0.2, -0.15) is 0 Å². The molecular formula is C59H100O4. The molecule has 0 saturated heterocycles. The molecule has 0 aromatic heterocycles. The number of allylic oxidation sites excluding steroid dienone is 18. The molecule has 0 bridgehead atoms. The molecule has 1 N–H and O–H groups in total. The van der Waals surface area contributed by atoms with Crippen molar-refractivity contribution in [1.29, 1.82) is 0 Å². The number of esters is 1. The van der Waals surface area contributed by atoms with Crippen LogP contribution in [0.4, 0.5) is 0 Å². The standard InChI is InChI=1S/C59H100O4/c1-3-5-7-9-11-13-15-17-19-21-23-25-27-29-31-33-35-37-39-41-43-45-47-49-51-53-55-62-57-58(56-60)63-59(61)54-52-50-48-46-44-42-40-38-36-34-32-30-28-26-24-22-20-18-16-14-12-10-8-6-4-2/h5-8,11-14,17-20,23-26,29,31,58,60H,3-4,9-10,15-16,21-22,27-28,30,32-57H2,1-2H3/b7-5-,8-6-,13-11-,14-12-,19-17-,20-18-,25-23-,26-24-,31-29-. The van der Waals surface area contributed by atoms with E-state index < -0.39 is 6.10 Å². The quantitative estimate of drug-likeness (QED) is 0.0376. The van der Waals surface area contributed by atoms with Gasteiger partial charge in [0.1, 0.15) is 6.10 Å². The summed E-state index contributed by atoms with van der Waals surface area (Å²) in [5.41, 5.74) is 0. The Balaban J connectivity index is 3.46. The second-order valence-corrected chi connectivity index (χ2v) is 17.2. The lowest BCUT2D eigenvalue weighted by Gasteiger charge is -2.16. The predicted octanol–water partition coefficient (Wildman–Crippen LogP) is 18.2. The molecule has 0 aromatic rings. The van der Waals surface area contributed by atoms with Crippen LogP contribution in [0.1, 0.15) is 232 Å². The Morgan fingerprint density at radius 2 is 0.667 bits per heavy atom. The predicted molar refractivity (Wildman–Crippen MR) is 278 cm³/mol. The van der Waals surface area contributed by atoms with Crippen molar-refractivity contribution in [3.05, 3.63) is 109 Å². The monoisotopic (exact) mass is 873 g/mol. The van der Waals surface area contributed by atoms with Crippen molar-refractivity contribution >= 4 is 5.97 Å². The lowest BCUT2D eigenvalue weighted by atomic mass is 10.0. The number of unbranched alkanes of at least 4 members (excludes halogenated alkanes) is 22. The maximum Gasteiger partial charge on any atom is 0.306 e. The average Bonchev–Trinajstić information content (AvgIpc) is 3.29. The first-order valence-electron chi connectivity index (χ1n) is 26.5. The van der Waals surface area contributed by atoms with E-state index in [1.165, 1.54) is 135 Å². The molecular weight excluding hydrogens is 773 g/mol. The molecule has 0 rings (SSSR count). The third-order valence-electron chi connectivity index (χ3n) is 11.1. The van der Waals surface area contributed by atoms with Gasteiger partial charge >= 0.3 is 5.97 Å². The number of rotatable bonds is 48. The van der Waals surface area contributed by atoms with Crippen LogP contribution in [0, 0.1) is 0 Å². The summed E-state index contributed by atoms with van der Waals surface area (Å²) in [6, 6.07) is 0. The Kier molecular flexibility index (Phi) is 52.6. The van der Waals surface area contributed by atoms with Gasteiger partial charge < -0.3 is 14.6 Å². The molecule has 63 heavy (non-hydrogen) atoms. The number of hydrogen-bond acceptors (Lipinski definition) is 4. The van der Waals surface area contributed by atoms with Crippen LogP contribution >= 0.6 is 0 Å². The van der Waals surface area contributed by atoms with Gasteiger partial charge in [-0.15, -0.1) is 0 Å². The smallest absolute Gasteiger partial charge is 0.306 e. The SMILES string of the molecule is CC/C=C\C/C=C\C/C=C\C/C=C\C/C=C\CCCCCCCCCCCCOCC(CO)OC(=O)CCCCCCCCCCCCCC/C=C\C/C=C\C/C=C\C/C=C\CC. The Hall–Kier alpha value is -2.95. The van der Waals surface area contributed by atoms with Crippen molar-refractivity contribution in [2.45, 2.75) is 238 Å². The van der Waals surface area contributed by atoms with Gasteiger partial charge in [0.2, 0.25) is 0 Å². The van der Waals surface area contributed by atoms with Crippen molar-refractivity contribution in [1.82, 2.24) is 0 Å². The van der Waals surface area contributed by atoms with E-state index in [9.17, 15) is 9.90 Å². The topological polar surface area (TPSA) is 55.8 Å². The first-order valence-corrected chi connectivity index (χ1v) is 26.5. The largest absolute Gasteiger partial charge is 0.457 e. The number of carbonyl (C=O) groups is 1. The molecule has 0 aliphatic carbocycles. The molecule has 0 amide bonds. The molecule has 0 radical (unpaired) electrons. The summed E-state index contributed by atoms with van der Waals surface area (Å²) >= 11 is 0. The molecule has 0 spiro atoms. The lowest BCUT2D eigenvalue weighted by Crippen LogP contribution is -2.27. The highest BCUT2D eigenvalue weighted by atomic mass is 16.6. The van der Waals surface area contributed by atoms with E-state index in [0.717, 1.165) is 77.0 Å². The summed E-state index contributed by atoms with van der Waals surface area (Å²) in [5.74, 6) is -0.207. The molecule has 0 aromatic carbocycles. The van der Waals surface area contributed by atoms with Gasteiger partial charge in [0.05, 0.1) is 13.2 Å². The fraction of sp³-hybridized carbons (Fsp3) is 0.678. The first-order chi connectivity index (χ1) is 31.2. The molecule has 0 fully saturated rings. The van der Waals surface area contributed by atoms with Gasteiger partial charge in [0.15, 0.2) is 0 Å². The van der Waals surface area contributed by atoms with E-state index in [-0.39, 0.29) is 19.2 Å². The Morgan fingerprint density at radius 1 is 0.381 bits per heavy atom. The van der Waals surface area contributed by atoms with Crippen LogP contribution < -0.4 is 0 Å². The fourth-order valence-electron chi connectivity index (χ4n) is 7.23. The van der Waals surface area contributed by atoms with Crippen LogP contribution in [0.25, 0.3) is 0 Å². The highest BCUT2D eigenvalue weighted by molar-refractivity contribution is 5.69. The number of hydrogen-bond donors (Lipinski definition) is 1. The van der Waals surface area contributed by atoms with E-state index in [4.69, 9.17) is 9.47 Å². The molecule has 1 unspecified atom stereocenters. The van der Waals surface area contributed by atoms with Crippen molar-refractivity contribution in [2.75, 3.05) is 19.8 Å². The van der Waals surface area contributed by atoms with Crippen molar-refractivity contribution in [3.8, 4) is 0 Å². The van der Waals surface area contributed by atoms with Crippen LogP contribution in [-0.4, -0.2) is 37.0 Å². The minimum absolute atomic E-state index is 0.179. The number of aliphatic hydroxyl groups excluding tert-OH is 1. The molecule has 4 nitrogen and oxygen atoms in total. The second kappa shape index (κ2) is 55.2. The summed E-state index contributed by atoms with van der Waals surface area (Å²) in [4.78, 5) is 12.3. The maximum absolute atomic E-state index is 12.3. The van der Waals surface area contributed by atoms with E-state index in [1.807, 2.05) is 0 Å². The van der Waals surface area contributed by atoms with Crippen LogP contribution in [0.3, 0.4) is 0 Å². The zero-order valence-electron chi connectivity index (χ0n) is 41.3. The van der Waals surface area contributed by atoms with Gasteiger partial charge in [-0.05, 0) is 96.3 Å². The molecule has 0 saturated carbocycles. The minimum atomic E-state index is -0.546. The van der Waals surface area contributed by atoms with Gasteiger partial charge in [0, 0.05) is 13.0 Å². The van der Waals surface area contributed by atoms with E-state index in [0.29, 0.717) is 13.0 Å². The third-order valence-corrected chi connectivity index (χ3v) is 11.1. The van der Waals surface area contributed by atoms with Gasteiger partial charge in [0.25, 0.3) is 0 Å². The summed E-state index contributed by atoms with van der Waals surface area (Å²) in [6.07, 6.45) is 80.4. The van der Waals surface area contributed by atoms with E-state index in [1.54, 1.807) is 0 Å². The van der Waals surface area contributed by atoms with Gasteiger partial charge in [-0.1, -0.05) is 239 Å². The second-order valence-electron chi connectivity index (χ2n) is 17.2. The zero-order valence-corrected chi connectivity index (χ0v) is 41.3. The Morgan fingerprint density at radius 3 is 1.00 bits per heavy atom. The molecule has 4 heteroatoms. The highest BCUT2D eigenvalue weighted by Crippen LogP contribution is 2.15. The Labute approximate surface area is 391 Å². The number of ether oxygens (including phenoxy) is 2.